The minimum absolute atomic E-state index is 0.0636. The van der Waals surface area contributed by atoms with Gasteiger partial charge in [0, 0.05) is 25.6 Å². The van der Waals surface area contributed by atoms with Gasteiger partial charge in [-0.15, -0.1) is 0 Å². The van der Waals surface area contributed by atoms with Crippen molar-refractivity contribution in [2.75, 3.05) is 33.3 Å². The minimum atomic E-state index is -0.753. The number of likely N-dealkylation sites (tertiary alicyclic amines) is 1. The van der Waals surface area contributed by atoms with Crippen molar-refractivity contribution < 1.29 is 13.9 Å². The van der Waals surface area contributed by atoms with Crippen LogP contribution < -0.4 is 0 Å². The van der Waals surface area contributed by atoms with Gasteiger partial charge in [0.2, 0.25) is 5.91 Å². The summed E-state index contributed by atoms with van der Waals surface area (Å²) in [5, 5.41) is 0. The Balaban J connectivity index is 1.60. The maximum absolute atomic E-state index is 12.8. The molecule has 3 fully saturated rings. The second-order valence-electron chi connectivity index (χ2n) is 5.80. The van der Waals surface area contributed by atoms with Gasteiger partial charge in [-0.25, -0.2) is 4.39 Å². The van der Waals surface area contributed by atoms with Crippen LogP contribution >= 0.6 is 0 Å². The number of likely N-dealkylation sites (N-methyl/N-ethyl adjacent to an activating group) is 1. The van der Waals surface area contributed by atoms with Crippen LogP contribution in [0.5, 0.6) is 0 Å². The maximum atomic E-state index is 12.8. The highest BCUT2D eigenvalue weighted by atomic mass is 19.1. The van der Waals surface area contributed by atoms with Gasteiger partial charge in [-0.3, -0.25) is 9.69 Å². The molecule has 0 spiro atoms. The first-order chi connectivity index (χ1) is 8.65. The van der Waals surface area contributed by atoms with E-state index in [9.17, 15) is 9.18 Å². The molecule has 3 rings (SSSR count). The lowest BCUT2D eigenvalue weighted by atomic mass is 9.82. The predicted octanol–water partition coefficient (Wildman–Crippen LogP) is 0.666. The van der Waals surface area contributed by atoms with Crippen molar-refractivity contribution in [2.45, 2.75) is 37.6 Å². The number of morpholine rings is 1. The molecule has 102 valence electrons. The summed E-state index contributed by atoms with van der Waals surface area (Å²) in [4.78, 5) is 16.4. The van der Waals surface area contributed by atoms with Crippen LogP contribution in [0.4, 0.5) is 4.39 Å². The summed E-state index contributed by atoms with van der Waals surface area (Å²) in [6.45, 7) is 3.23. The van der Waals surface area contributed by atoms with E-state index in [0.29, 0.717) is 18.9 Å². The van der Waals surface area contributed by atoms with Crippen LogP contribution in [0.15, 0.2) is 0 Å². The molecule has 3 aliphatic rings. The lowest BCUT2D eigenvalue weighted by Gasteiger charge is -2.47. The van der Waals surface area contributed by atoms with E-state index in [2.05, 4.69) is 11.9 Å². The quantitative estimate of drug-likeness (QED) is 0.691. The summed E-state index contributed by atoms with van der Waals surface area (Å²) in [5.74, 6) is 0.0905. The van der Waals surface area contributed by atoms with Crippen LogP contribution in [-0.2, 0) is 9.53 Å². The monoisotopic (exact) mass is 256 g/mol. The number of amides is 1. The van der Waals surface area contributed by atoms with Gasteiger partial charge in [-0.2, -0.15) is 0 Å². The average Bonchev–Trinajstić information content (AvgIpc) is 2.34. The van der Waals surface area contributed by atoms with Crippen LogP contribution in [0, 0.1) is 5.92 Å². The molecule has 18 heavy (non-hydrogen) atoms. The summed E-state index contributed by atoms with van der Waals surface area (Å²) in [6, 6.07) is 0.317. The van der Waals surface area contributed by atoms with E-state index >= 15 is 0 Å². The Kier molecular flexibility index (Phi) is 3.28. The van der Waals surface area contributed by atoms with Gasteiger partial charge < -0.3 is 9.64 Å². The lowest BCUT2D eigenvalue weighted by molar-refractivity contribution is -0.149. The number of fused-ring (bicyclic) bond motifs is 1. The van der Waals surface area contributed by atoms with Gasteiger partial charge in [-0.1, -0.05) is 0 Å². The van der Waals surface area contributed by atoms with Crippen LogP contribution in [0.25, 0.3) is 0 Å². The van der Waals surface area contributed by atoms with Crippen molar-refractivity contribution in [1.29, 1.82) is 0 Å². The molecule has 0 aromatic carbocycles. The van der Waals surface area contributed by atoms with E-state index in [1.807, 2.05) is 4.90 Å². The Labute approximate surface area is 107 Å². The number of alkyl halides is 1. The van der Waals surface area contributed by atoms with Crippen LogP contribution in [0.3, 0.4) is 0 Å². The van der Waals surface area contributed by atoms with Gasteiger partial charge in [0.1, 0.15) is 6.17 Å². The van der Waals surface area contributed by atoms with E-state index in [-0.39, 0.29) is 17.9 Å². The van der Waals surface area contributed by atoms with Gasteiger partial charge in [-0.05, 0) is 26.3 Å². The highest BCUT2D eigenvalue weighted by Gasteiger charge is 2.41. The third-order valence-corrected chi connectivity index (χ3v) is 4.60. The number of hydrogen-bond acceptors (Lipinski definition) is 3. The summed E-state index contributed by atoms with van der Waals surface area (Å²) >= 11 is 0. The molecule has 2 saturated heterocycles. The second kappa shape index (κ2) is 4.78. The zero-order chi connectivity index (χ0) is 12.7. The minimum Gasteiger partial charge on any atom is -0.375 e. The molecule has 0 aromatic rings. The van der Waals surface area contributed by atoms with Crippen molar-refractivity contribution in [1.82, 2.24) is 9.80 Å². The fourth-order valence-corrected chi connectivity index (χ4v) is 3.25. The normalized spacial score (nSPS) is 41.1. The standard InChI is InChI=1S/C13H21FN2O2/c1-15-4-5-18-12-2-3-16(8-11(12)15)13(17)9-6-10(14)7-9/h9-12H,2-8H2,1H3/t9?,10?,11-,12?/m0/s1. The molecule has 2 aliphatic heterocycles. The highest BCUT2D eigenvalue weighted by molar-refractivity contribution is 5.80. The molecule has 0 bridgehead atoms. The zero-order valence-corrected chi connectivity index (χ0v) is 10.8. The van der Waals surface area contributed by atoms with Crippen LogP contribution in [0.1, 0.15) is 19.3 Å². The van der Waals surface area contributed by atoms with Crippen LogP contribution in [-0.4, -0.2) is 67.3 Å². The molecular formula is C13H21FN2O2. The smallest absolute Gasteiger partial charge is 0.225 e. The number of rotatable bonds is 1. The number of piperidine rings is 1. The number of halogens is 1. The van der Waals surface area contributed by atoms with Crippen molar-refractivity contribution in [3.05, 3.63) is 0 Å². The molecular weight excluding hydrogens is 235 g/mol. The van der Waals surface area contributed by atoms with E-state index < -0.39 is 6.17 Å². The predicted molar refractivity (Wildman–Crippen MR) is 65.0 cm³/mol. The Morgan fingerprint density at radius 2 is 2.11 bits per heavy atom. The zero-order valence-electron chi connectivity index (χ0n) is 10.8. The third kappa shape index (κ3) is 2.14. The number of hydrogen-bond donors (Lipinski definition) is 0. The molecule has 0 aromatic heterocycles. The maximum Gasteiger partial charge on any atom is 0.225 e. The Morgan fingerprint density at radius 1 is 1.33 bits per heavy atom. The van der Waals surface area contributed by atoms with E-state index in [1.54, 1.807) is 0 Å². The fraction of sp³-hybridized carbons (Fsp3) is 0.923. The van der Waals surface area contributed by atoms with E-state index in [4.69, 9.17) is 4.74 Å². The summed E-state index contributed by atoms with van der Waals surface area (Å²) < 4.78 is 18.6. The number of nitrogens with zero attached hydrogens (tertiary/aromatic N) is 2. The van der Waals surface area contributed by atoms with Crippen molar-refractivity contribution >= 4 is 5.91 Å². The molecule has 4 nitrogen and oxygen atoms in total. The van der Waals surface area contributed by atoms with Crippen molar-refractivity contribution in [3.8, 4) is 0 Å². The largest absolute Gasteiger partial charge is 0.375 e. The summed E-state index contributed by atoms with van der Waals surface area (Å²) in [6.07, 6.45) is 1.28. The first kappa shape index (κ1) is 12.4. The lowest BCUT2D eigenvalue weighted by Crippen LogP contribution is -2.60. The summed E-state index contributed by atoms with van der Waals surface area (Å²) in [7, 11) is 2.09. The number of ether oxygens (including phenoxy) is 1. The fourth-order valence-electron chi connectivity index (χ4n) is 3.25. The topological polar surface area (TPSA) is 32.8 Å². The van der Waals surface area contributed by atoms with Crippen molar-refractivity contribution in [3.63, 3.8) is 0 Å². The molecule has 2 heterocycles. The second-order valence-corrected chi connectivity index (χ2v) is 5.80. The van der Waals surface area contributed by atoms with Gasteiger partial charge in [0.15, 0.2) is 0 Å². The van der Waals surface area contributed by atoms with E-state index in [1.165, 1.54) is 0 Å². The Hall–Kier alpha value is -0.680. The van der Waals surface area contributed by atoms with E-state index in [0.717, 1.165) is 32.7 Å². The number of carbonyl (C=O) groups excluding carboxylic acids is 1. The van der Waals surface area contributed by atoms with Gasteiger partial charge in [0.05, 0.1) is 18.8 Å². The SMILES string of the molecule is CN1CCOC2CCN(C(=O)C3CC(F)C3)C[C@@H]21. The molecule has 1 unspecified atom stereocenters. The Morgan fingerprint density at radius 3 is 2.83 bits per heavy atom. The van der Waals surface area contributed by atoms with Gasteiger partial charge in [0.25, 0.3) is 0 Å². The number of carbonyl (C=O) groups is 1. The molecule has 2 atom stereocenters. The third-order valence-electron chi connectivity index (χ3n) is 4.60. The van der Waals surface area contributed by atoms with Crippen molar-refractivity contribution in [2.24, 2.45) is 5.92 Å². The molecule has 1 amide bonds. The van der Waals surface area contributed by atoms with Crippen LogP contribution in [0.2, 0.25) is 0 Å². The Bertz CT molecular complexity index is 333. The molecule has 1 saturated carbocycles. The first-order valence-corrected chi connectivity index (χ1v) is 6.90. The highest BCUT2D eigenvalue weighted by Crippen LogP contribution is 2.33. The first-order valence-electron chi connectivity index (χ1n) is 6.90. The molecule has 1 aliphatic carbocycles. The molecule has 5 heteroatoms. The molecule has 0 radical (unpaired) electrons. The molecule has 0 N–H and O–H groups in total. The van der Waals surface area contributed by atoms with Gasteiger partial charge >= 0.3 is 0 Å². The average molecular weight is 256 g/mol. The summed E-state index contributed by atoms with van der Waals surface area (Å²) in [5.41, 5.74) is 0.